The van der Waals surface area contributed by atoms with Gasteiger partial charge in [-0.05, 0) is 50.6 Å². The molecule has 1 aliphatic heterocycles. The second kappa shape index (κ2) is 7.74. The van der Waals surface area contributed by atoms with Crippen LogP contribution in [0.15, 0.2) is 36.5 Å². The third-order valence-electron chi connectivity index (χ3n) is 4.50. The molecule has 1 aliphatic rings. The van der Waals surface area contributed by atoms with E-state index in [1.165, 1.54) is 0 Å². The molecule has 1 saturated heterocycles. The molecule has 1 aromatic heterocycles. The van der Waals surface area contributed by atoms with E-state index >= 15 is 0 Å². The first kappa shape index (κ1) is 18.2. The fourth-order valence-electron chi connectivity index (χ4n) is 3.13. The van der Waals surface area contributed by atoms with Gasteiger partial charge in [0.1, 0.15) is 11.6 Å². The number of anilines is 2. The molecule has 0 radical (unpaired) electrons. The van der Waals surface area contributed by atoms with Gasteiger partial charge in [-0.1, -0.05) is 0 Å². The van der Waals surface area contributed by atoms with Crippen LogP contribution in [-0.2, 0) is 4.74 Å². The number of benzene rings is 1. The fraction of sp³-hybridized carbons (Fsp3) is 0.400. The summed E-state index contributed by atoms with van der Waals surface area (Å²) in [7, 11) is 1.74. The van der Waals surface area contributed by atoms with Crippen LogP contribution in [0, 0.1) is 5.41 Å². The van der Waals surface area contributed by atoms with Gasteiger partial charge in [0.2, 0.25) is 0 Å². The van der Waals surface area contributed by atoms with Crippen molar-refractivity contribution in [2.75, 3.05) is 30.8 Å². The number of aromatic nitrogens is 1. The predicted octanol–water partition coefficient (Wildman–Crippen LogP) is 3.09. The smallest absolute Gasteiger partial charge is 0.129 e. The third-order valence-corrected chi connectivity index (χ3v) is 4.50. The summed E-state index contributed by atoms with van der Waals surface area (Å²) < 4.78 is 11.2. The van der Waals surface area contributed by atoms with E-state index in [1.807, 2.05) is 38.1 Å². The highest BCUT2D eigenvalue weighted by Crippen LogP contribution is 2.25. The highest BCUT2D eigenvalue weighted by Gasteiger charge is 2.23. The van der Waals surface area contributed by atoms with Gasteiger partial charge in [-0.2, -0.15) is 0 Å². The summed E-state index contributed by atoms with van der Waals surface area (Å²) >= 11 is 0. The first-order valence-electron chi connectivity index (χ1n) is 8.87. The molecule has 0 saturated carbocycles. The molecular formula is C20H26N4O2. The van der Waals surface area contributed by atoms with Crippen molar-refractivity contribution >= 4 is 17.2 Å². The van der Waals surface area contributed by atoms with E-state index < -0.39 is 0 Å². The lowest BCUT2D eigenvalue weighted by Crippen LogP contribution is -2.23. The molecule has 0 amide bonds. The molecule has 6 heteroatoms. The molecule has 6 nitrogen and oxygen atoms in total. The maximum atomic E-state index is 8.63. The lowest BCUT2D eigenvalue weighted by Gasteiger charge is -2.18. The van der Waals surface area contributed by atoms with Gasteiger partial charge in [0.15, 0.2) is 0 Å². The molecule has 0 bridgehead atoms. The van der Waals surface area contributed by atoms with E-state index in [4.69, 9.17) is 20.6 Å². The predicted molar refractivity (Wildman–Crippen MR) is 104 cm³/mol. The number of pyridine rings is 1. The fourth-order valence-corrected chi connectivity index (χ4v) is 3.13. The highest BCUT2D eigenvalue weighted by atomic mass is 16.5. The van der Waals surface area contributed by atoms with Crippen molar-refractivity contribution in [3.05, 3.63) is 47.7 Å². The Hall–Kier alpha value is -2.60. The number of nitrogens with zero attached hydrogens (tertiary/aromatic N) is 2. The zero-order chi connectivity index (χ0) is 18.7. The Labute approximate surface area is 154 Å². The summed E-state index contributed by atoms with van der Waals surface area (Å²) in [5.41, 5.74) is 8.49. The summed E-state index contributed by atoms with van der Waals surface area (Å²) in [6.07, 6.45) is 3.03. The standard InChI is InChI=1S/C20H26N4O2/c1-13(2)26-15-4-5-18(21)17(11-15)20(22)14-6-8-23-19(10-14)24-9-7-16(12-24)25-3/h4-6,8,10-11,13,16,22H,7,9,12,21H2,1-3H3. The van der Waals surface area contributed by atoms with Crippen LogP contribution >= 0.6 is 0 Å². The zero-order valence-corrected chi connectivity index (χ0v) is 15.5. The Kier molecular flexibility index (Phi) is 5.42. The minimum absolute atomic E-state index is 0.0667. The van der Waals surface area contributed by atoms with Gasteiger partial charge in [-0.25, -0.2) is 4.98 Å². The summed E-state index contributed by atoms with van der Waals surface area (Å²) in [6.45, 7) is 5.67. The maximum absolute atomic E-state index is 8.63. The number of nitrogens with one attached hydrogen (secondary N) is 1. The van der Waals surface area contributed by atoms with E-state index in [2.05, 4.69) is 9.88 Å². The van der Waals surface area contributed by atoms with Crippen molar-refractivity contribution in [3.8, 4) is 5.75 Å². The third kappa shape index (κ3) is 3.96. The van der Waals surface area contributed by atoms with E-state index in [0.29, 0.717) is 22.7 Å². The molecule has 1 fully saturated rings. The van der Waals surface area contributed by atoms with Gasteiger partial charge >= 0.3 is 0 Å². The normalized spacial score (nSPS) is 16.9. The molecule has 2 heterocycles. The monoisotopic (exact) mass is 354 g/mol. The average Bonchev–Trinajstić information content (AvgIpc) is 3.12. The van der Waals surface area contributed by atoms with Crippen LogP contribution < -0.4 is 15.4 Å². The Morgan fingerprint density at radius 1 is 1.31 bits per heavy atom. The molecule has 1 atom stereocenters. The molecule has 1 unspecified atom stereocenters. The number of nitrogen functional groups attached to an aromatic ring is 1. The van der Waals surface area contributed by atoms with Crippen LogP contribution in [0.3, 0.4) is 0 Å². The number of methoxy groups -OCH3 is 1. The Balaban J connectivity index is 1.85. The van der Waals surface area contributed by atoms with Gasteiger partial charge in [-0.3, -0.25) is 5.41 Å². The van der Waals surface area contributed by atoms with E-state index in [-0.39, 0.29) is 12.2 Å². The summed E-state index contributed by atoms with van der Waals surface area (Å²) in [6, 6.07) is 9.22. The molecular weight excluding hydrogens is 328 g/mol. The number of rotatable bonds is 6. The number of hydrogen-bond acceptors (Lipinski definition) is 6. The van der Waals surface area contributed by atoms with Crippen LogP contribution in [0.5, 0.6) is 5.75 Å². The van der Waals surface area contributed by atoms with E-state index in [9.17, 15) is 0 Å². The van der Waals surface area contributed by atoms with Crippen LogP contribution in [-0.4, -0.2) is 43.1 Å². The lowest BCUT2D eigenvalue weighted by molar-refractivity contribution is 0.121. The quantitative estimate of drug-likeness (QED) is 0.615. The molecule has 3 rings (SSSR count). The van der Waals surface area contributed by atoms with Crippen LogP contribution in [0.2, 0.25) is 0 Å². The van der Waals surface area contributed by atoms with Crippen molar-refractivity contribution in [1.29, 1.82) is 5.41 Å². The number of hydrogen-bond donors (Lipinski definition) is 2. The molecule has 3 N–H and O–H groups in total. The van der Waals surface area contributed by atoms with Gasteiger partial charge in [0.05, 0.1) is 17.9 Å². The Morgan fingerprint density at radius 2 is 2.12 bits per heavy atom. The van der Waals surface area contributed by atoms with Crippen molar-refractivity contribution in [1.82, 2.24) is 4.98 Å². The average molecular weight is 354 g/mol. The van der Waals surface area contributed by atoms with Crippen LogP contribution in [0.25, 0.3) is 0 Å². The SMILES string of the molecule is COC1CCN(c2cc(C(=N)c3cc(OC(C)C)ccc3N)ccn2)C1. The largest absolute Gasteiger partial charge is 0.491 e. The zero-order valence-electron chi connectivity index (χ0n) is 15.5. The second-order valence-electron chi connectivity index (χ2n) is 6.79. The lowest BCUT2D eigenvalue weighted by atomic mass is 10.0. The molecule has 0 spiro atoms. The minimum Gasteiger partial charge on any atom is -0.491 e. The Morgan fingerprint density at radius 3 is 2.81 bits per heavy atom. The summed E-state index contributed by atoms with van der Waals surface area (Å²) in [5, 5.41) is 8.63. The number of ether oxygens (including phenoxy) is 2. The van der Waals surface area contributed by atoms with Crippen LogP contribution in [0.1, 0.15) is 31.4 Å². The first-order chi connectivity index (χ1) is 12.5. The van der Waals surface area contributed by atoms with Gasteiger partial charge in [0, 0.05) is 43.2 Å². The number of nitrogens with two attached hydrogens (primary N) is 1. The molecule has 138 valence electrons. The molecule has 2 aromatic rings. The van der Waals surface area contributed by atoms with Gasteiger partial charge in [-0.15, -0.1) is 0 Å². The molecule has 1 aromatic carbocycles. The molecule has 26 heavy (non-hydrogen) atoms. The summed E-state index contributed by atoms with van der Waals surface area (Å²) in [5.74, 6) is 1.57. The van der Waals surface area contributed by atoms with Crippen molar-refractivity contribution < 1.29 is 9.47 Å². The van der Waals surface area contributed by atoms with Crippen molar-refractivity contribution in [3.63, 3.8) is 0 Å². The summed E-state index contributed by atoms with van der Waals surface area (Å²) in [4.78, 5) is 6.65. The topological polar surface area (TPSA) is 84.5 Å². The maximum Gasteiger partial charge on any atom is 0.129 e. The van der Waals surface area contributed by atoms with Gasteiger partial charge in [0.25, 0.3) is 0 Å². The highest BCUT2D eigenvalue weighted by molar-refractivity contribution is 6.14. The van der Waals surface area contributed by atoms with Gasteiger partial charge < -0.3 is 20.1 Å². The van der Waals surface area contributed by atoms with Crippen molar-refractivity contribution in [2.24, 2.45) is 0 Å². The Bertz CT molecular complexity index is 791. The van der Waals surface area contributed by atoms with E-state index in [1.54, 1.807) is 19.4 Å². The minimum atomic E-state index is 0.0667. The second-order valence-corrected chi connectivity index (χ2v) is 6.79. The van der Waals surface area contributed by atoms with Crippen LogP contribution in [0.4, 0.5) is 11.5 Å². The molecule has 0 aliphatic carbocycles. The van der Waals surface area contributed by atoms with Crippen molar-refractivity contribution in [2.45, 2.75) is 32.5 Å². The first-order valence-corrected chi connectivity index (χ1v) is 8.87. The van der Waals surface area contributed by atoms with E-state index in [0.717, 1.165) is 30.9 Å².